The van der Waals surface area contributed by atoms with Gasteiger partial charge in [-0.3, -0.25) is 4.79 Å². The fourth-order valence-corrected chi connectivity index (χ4v) is 3.75. The third-order valence-electron chi connectivity index (χ3n) is 5.00. The lowest BCUT2D eigenvalue weighted by Crippen LogP contribution is -2.49. The molecule has 23 heavy (non-hydrogen) atoms. The fraction of sp³-hybridized carbons (Fsp3) is 0.556. The number of carbonyl (C=O) groups excluding carboxylic acids is 2. The fourth-order valence-electron chi connectivity index (χ4n) is 3.75. The molecule has 1 amide bonds. The molecule has 1 aromatic rings. The average Bonchev–Trinajstić information content (AvgIpc) is 3.34. The number of likely N-dealkylation sites (tertiary alicyclic amines) is 1. The van der Waals surface area contributed by atoms with Crippen LogP contribution in [0.4, 0.5) is 4.79 Å². The van der Waals surface area contributed by atoms with Gasteiger partial charge in [0.1, 0.15) is 12.4 Å². The number of amides is 1. The number of nitrogens with zero attached hydrogens (tertiary/aromatic N) is 1. The van der Waals surface area contributed by atoms with Crippen molar-refractivity contribution in [1.29, 1.82) is 0 Å². The van der Waals surface area contributed by atoms with Crippen molar-refractivity contribution in [2.45, 2.75) is 44.4 Å². The Kier molecular flexibility index (Phi) is 4.39. The summed E-state index contributed by atoms with van der Waals surface area (Å²) in [6, 6.07) is 9.81. The van der Waals surface area contributed by atoms with E-state index in [-0.39, 0.29) is 30.4 Å². The quantitative estimate of drug-likeness (QED) is 0.838. The summed E-state index contributed by atoms with van der Waals surface area (Å²) in [5.74, 6) is 0.382. The predicted molar refractivity (Wildman–Crippen MR) is 84.9 cm³/mol. The smallest absolute Gasteiger partial charge is 0.410 e. The van der Waals surface area contributed by atoms with E-state index in [2.05, 4.69) is 0 Å². The van der Waals surface area contributed by atoms with E-state index in [0.717, 1.165) is 12.0 Å². The Balaban J connectivity index is 1.58. The van der Waals surface area contributed by atoms with Crippen LogP contribution in [0.3, 0.4) is 0 Å². The number of hydrogen-bond donors (Lipinski definition) is 0. The molecule has 3 atom stereocenters. The molecule has 1 aromatic carbocycles. The minimum absolute atomic E-state index is 0.137. The molecule has 1 saturated heterocycles. The van der Waals surface area contributed by atoms with Crippen LogP contribution in [0.1, 0.15) is 31.7 Å². The molecule has 0 bridgehead atoms. The Labute approximate surface area is 136 Å². The van der Waals surface area contributed by atoms with Gasteiger partial charge in [-0.05, 0) is 25.3 Å². The number of piperidine rings is 1. The van der Waals surface area contributed by atoms with E-state index >= 15 is 0 Å². The average molecular weight is 317 g/mol. The molecule has 124 valence electrons. The number of ketones is 1. The number of carbonyl (C=O) groups is 2. The summed E-state index contributed by atoms with van der Waals surface area (Å²) in [5.41, 5.74) is 0.584. The maximum atomic E-state index is 12.3. The number of methoxy groups -OCH3 is 1. The van der Waals surface area contributed by atoms with Crippen molar-refractivity contribution in [3.05, 3.63) is 35.9 Å². The molecule has 5 nitrogen and oxygen atoms in total. The van der Waals surface area contributed by atoms with Crippen molar-refractivity contribution in [3.63, 3.8) is 0 Å². The van der Waals surface area contributed by atoms with Crippen molar-refractivity contribution in [1.82, 2.24) is 4.90 Å². The standard InChI is InChI=1S/C18H23NO4/c1-13(20)11-18(22-2)8-9-19(16-10-15(16)18)17(21)23-12-14-6-4-3-5-7-14/h3-7,15-16H,8-12H2,1-2H3. The first kappa shape index (κ1) is 16.0. The molecule has 3 rings (SSSR count). The SMILES string of the molecule is COC1(CC(C)=O)CCN(C(=O)OCc2ccccc2)C2CC21. The van der Waals surface area contributed by atoms with Crippen LogP contribution in [0.25, 0.3) is 0 Å². The summed E-state index contributed by atoms with van der Waals surface area (Å²) in [5, 5.41) is 0. The Morgan fingerprint density at radius 1 is 1.30 bits per heavy atom. The Morgan fingerprint density at radius 2 is 2.04 bits per heavy atom. The van der Waals surface area contributed by atoms with Crippen LogP contribution >= 0.6 is 0 Å². The van der Waals surface area contributed by atoms with Gasteiger partial charge in [-0.2, -0.15) is 0 Å². The van der Waals surface area contributed by atoms with E-state index < -0.39 is 5.60 Å². The van der Waals surface area contributed by atoms with Gasteiger partial charge in [-0.15, -0.1) is 0 Å². The second kappa shape index (κ2) is 6.32. The van der Waals surface area contributed by atoms with Gasteiger partial charge in [0.25, 0.3) is 0 Å². The molecule has 0 spiro atoms. The molecule has 1 aliphatic carbocycles. The molecule has 1 heterocycles. The number of fused-ring (bicyclic) bond motifs is 1. The van der Waals surface area contributed by atoms with Crippen LogP contribution in [0.2, 0.25) is 0 Å². The van der Waals surface area contributed by atoms with Gasteiger partial charge in [0, 0.05) is 32.0 Å². The van der Waals surface area contributed by atoms with Crippen LogP contribution < -0.4 is 0 Å². The van der Waals surface area contributed by atoms with Crippen LogP contribution in [0.15, 0.2) is 30.3 Å². The first-order chi connectivity index (χ1) is 11.1. The maximum Gasteiger partial charge on any atom is 0.410 e. The third kappa shape index (κ3) is 3.24. The number of hydrogen-bond acceptors (Lipinski definition) is 4. The Morgan fingerprint density at radius 3 is 2.70 bits per heavy atom. The van der Waals surface area contributed by atoms with E-state index in [1.54, 1.807) is 18.9 Å². The lowest BCUT2D eigenvalue weighted by atomic mass is 9.85. The molecule has 1 saturated carbocycles. The van der Waals surface area contributed by atoms with Crippen molar-refractivity contribution in [2.24, 2.45) is 5.92 Å². The highest BCUT2D eigenvalue weighted by molar-refractivity contribution is 5.77. The molecule has 3 unspecified atom stereocenters. The Bertz CT molecular complexity index is 588. The van der Waals surface area contributed by atoms with Crippen molar-refractivity contribution < 1.29 is 19.1 Å². The van der Waals surface area contributed by atoms with Gasteiger partial charge in [-0.25, -0.2) is 4.79 Å². The number of ether oxygens (including phenoxy) is 2. The highest BCUT2D eigenvalue weighted by atomic mass is 16.6. The van der Waals surface area contributed by atoms with Crippen molar-refractivity contribution >= 4 is 11.9 Å². The third-order valence-corrected chi connectivity index (χ3v) is 5.00. The highest BCUT2D eigenvalue weighted by Crippen LogP contribution is 2.52. The van der Waals surface area contributed by atoms with Gasteiger partial charge in [-0.1, -0.05) is 30.3 Å². The first-order valence-corrected chi connectivity index (χ1v) is 8.07. The lowest BCUT2D eigenvalue weighted by Gasteiger charge is -2.39. The lowest BCUT2D eigenvalue weighted by molar-refractivity contribution is -0.128. The molecule has 0 N–H and O–H groups in total. The van der Waals surface area contributed by atoms with Crippen LogP contribution in [0, 0.1) is 5.92 Å². The van der Waals surface area contributed by atoms with Crippen LogP contribution in [0.5, 0.6) is 0 Å². The van der Waals surface area contributed by atoms with Crippen molar-refractivity contribution in [3.8, 4) is 0 Å². The second-order valence-electron chi connectivity index (χ2n) is 6.54. The molecule has 2 fully saturated rings. The molecule has 5 heteroatoms. The van der Waals surface area contributed by atoms with Crippen molar-refractivity contribution in [2.75, 3.05) is 13.7 Å². The van der Waals surface area contributed by atoms with Gasteiger partial charge < -0.3 is 14.4 Å². The molecule has 0 aromatic heterocycles. The normalized spacial score (nSPS) is 28.9. The summed E-state index contributed by atoms with van der Waals surface area (Å²) >= 11 is 0. The van der Waals surface area contributed by atoms with Crippen LogP contribution in [-0.2, 0) is 20.9 Å². The van der Waals surface area contributed by atoms with Gasteiger partial charge in [0.15, 0.2) is 0 Å². The summed E-state index contributed by atoms with van der Waals surface area (Å²) in [4.78, 5) is 25.7. The summed E-state index contributed by atoms with van der Waals surface area (Å²) in [6.45, 7) is 2.46. The first-order valence-electron chi connectivity index (χ1n) is 8.07. The van der Waals surface area contributed by atoms with Crippen LogP contribution in [-0.4, -0.2) is 42.1 Å². The van der Waals surface area contributed by atoms with E-state index in [9.17, 15) is 9.59 Å². The summed E-state index contributed by atoms with van der Waals surface area (Å²) in [6.07, 6.45) is 1.73. The summed E-state index contributed by atoms with van der Waals surface area (Å²) in [7, 11) is 1.67. The minimum atomic E-state index is -0.396. The minimum Gasteiger partial charge on any atom is -0.445 e. The highest BCUT2D eigenvalue weighted by Gasteiger charge is 2.60. The van der Waals surface area contributed by atoms with E-state index in [4.69, 9.17) is 9.47 Å². The van der Waals surface area contributed by atoms with Gasteiger partial charge >= 0.3 is 6.09 Å². The topological polar surface area (TPSA) is 55.8 Å². The number of Topliss-reactive ketones (excluding diaryl/α,β-unsaturated/α-hetero) is 1. The summed E-state index contributed by atoms with van der Waals surface area (Å²) < 4.78 is 11.1. The Hall–Kier alpha value is -1.88. The van der Waals surface area contributed by atoms with Gasteiger partial charge in [0.2, 0.25) is 0 Å². The molecule has 2 aliphatic rings. The zero-order valence-corrected chi connectivity index (χ0v) is 13.7. The van der Waals surface area contributed by atoms with Gasteiger partial charge in [0.05, 0.1) is 5.60 Å². The largest absolute Gasteiger partial charge is 0.445 e. The molecule has 0 radical (unpaired) electrons. The second-order valence-corrected chi connectivity index (χ2v) is 6.54. The maximum absolute atomic E-state index is 12.3. The zero-order valence-electron chi connectivity index (χ0n) is 13.7. The van der Waals surface area contributed by atoms with E-state index in [0.29, 0.717) is 19.4 Å². The van der Waals surface area contributed by atoms with E-state index in [1.165, 1.54) is 0 Å². The molecular formula is C18H23NO4. The zero-order chi connectivity index (χ0) is 16.4. The number of rotatable bonds is 5. The number of benzene rings is 1. The monoisotopic (exact) mass is 317 g/mol. The molecular weight excluding hydrogens is 294 g/mol. The van der Waals surface area contributed by atoms with E-state index in [1.807, 2.05) is 30.3 Å². The predicted octanol–water partition coefficient (Wildman–Crippen LogP) is 2.78. The molecule has 1 aliphatic heterocycles.